The lowest BCUT2D eigenvalue weighted by molar-refractivity contribution is -0.151. The van der Waals surface area contributed by atoms with Gasteiger partial charge in [0.1, 0.15) is 5.54 Å². The summed E-state index contributed by atoms with van der Waals surface area (Å²) in [5.74, 6) is -0.970. The molecular weight excluding hydrogens is 285 g/mol. The van der Waals surface area contributed by atoms with Crippen LogP contribution in [0.25, 0.3) is 0 Å². The van der Waals surface area contributed by atoms with Crippen LogP contribution in [-0.4, -0.2) is 53.4 Å². The third-order valence-electron chi connectivity index (χ3n) is 3.47. The molecule has 0 aromatic carbocycles. The summed E-state index contributed by atoms with van der Waals surface area (Å²) in [5, 5.41) is 12.2. The molecule has 0 spiro atoms. The highest BCUT2D eigenvalue weighted by Gasteiger charge is 2.34. The van der Waals surface area contributed by atoms with E-state index in [1.807, 2.05) is 6.92 Å². The summed E-state index contributed by atoms with van der Waals surface area (Å²) in [7, 11) is 0. The van der Waals surface area contributed by atoms with Gasteiger partial charge in [0.15, 0.2) is 0 Å². The van der Waals surface area contributed by atoms with E-state index < -0.39 is 24.2 Å². The molecule has 0 bridgehead atoms. The first-order valence-electron chi connectivity index (χ1n) is 7.31. The van der Waals surface area contributed by atoms with Gasteiger partial charge in [0.2, 0.25) is 0 Å². The minimum absolute atomic E-state index is 0.230. The Morgan fingerprint density at radius 1 is 1.33 bits per heavy atom. The number of carboxylic acid groups (broad SMARTS) is 1. The molecule has 1 atom stereocenters. The highest BCUT2D eigenvalue weighted by atomic mass is 19.4. The van der Waals surface area contributed by atoms with Crippen LogP contribution in [-0.2, 0) is 4.79 Å². The van der Waals surface area contributed by atoms with Crippen molar-refractivity contribution in [2.45, 2.75) is 64.7 Å². The molecule has 0 aliphatic carbocycles. The molecule has 0 heterocycles. The van der Waals surface area contributed by atoms with Crippen LogP contribution in [0.1, 0.15) is 47.0 Å². The molecule has 0 fully saturated rings. The van der Waals surface area contributed by atoms with E-state index in [4.69, 9.17) is 0 Å². The Bertz CT molecular complexity index is 322. The maximum absolute atomic E-state index is 12.5. The molecule has 126 valence electrons. The Hall–Kier alpha value is -0.820. The summed E-state index contributed by atoms with van der Waals surface area (Å²) >= 11 is 0. The second-order valence-corrected chi connectivity index (χ2v) is 5.85. The van der Waals surface area contributed by atoms with Gasteiger partial charge in [-0.2, -0.15) is 13.2 Å². The molecule has 0 radical (unpaired) electrons. The van der Waals surface area contributed by atoms with Gasteiger partial charge in [-0.15, -0.1) is 0 Å². The van der Waals surface area contributed by atoms with Gasteiger partial charge < -0.3 is 10.4 Å². The van der Waals surface area contributed by atoms with Crippen molar-refractivity contribution in [2.24, 2.45) is 0 Å². The Balaban J connectivity index is 4.48. The molecule has 0 aromatic heterocycles. The van der Waals surface area contributed by atoms with Crippen molar-refractivity contribution in [3.8, 4) is 0 Å². The average molecular weight is 312 g/mol. The summed E-state index contributed by atoms with van der Waals surface area (Å²) < 4.78 is 37.4. The van der Waals surface area contributed by atoms with Gasteiger partial charge in [-0.1, -0.05) is 6.92 Å². The first-order valence-corrected chi connectivity index (χ1v) is 7.31. The summed E-state index contributed by atoms with van der Waals surface area (Å²) in [4.78, 5) is 12.6. The number of hydrogen-bond acceptors (Lipinski definition) is 3. The molecule has 0 saturated heterocycles. The van der Waals surface area contributed by atoms with Crippen molar-refractivity contribution in [1.29, 1.82) is 0 Å². The standard InChI is InChI=1S/C14H27F3N2O2/c1-5-8-18-13(4,12(20)21)7-6-9-19(11(2)3)10-14(15,16)17/h11,18H,5-10H2,1-4H3,(H,20,21). The zero-order valence-corrected chi connectivity index (χ0v) is 13.3. The molecule has 1 unspecified atom stereocenters. The first-order chi connectivity index (χ1) is 9.52. The fourth-order valence-corrected chi connectivity index (χ4v) is 2.06. The normalized spacial score (nSPS) is 15.5. The number of carboxylic acids is 1. The SMILES string of the molecule is CCCNC(C)(CCCN(CC(F)(F)F)C(C)C)C(=O)O. The zero-order valence-electron chi connectivity index (χ0n) is 13.3. The van der Waals surface area contributed by atoms with Gasteiger partial charge in [-0.3, -0.25) is 9.69 Å². The van der Waals surface area contributed by atoms with Crippen LogP contribution >= 0.6 is 0 Å². The minimum Gasteiger partial charge on any atom is -0.480 e. The van der Waals surface area contributed by atoms with Crippen molar-refractivity contribution in [1.82, 2.24) is 10.2 Å². The number of nitrogens with zero attached hydrogens (tertiary/aromatic N) is 1. The largest absolute Gasteiger partial charge is 0.480 e. The molecular formula is C14H27F3N2O2. The van der Waals surface area contributed by atoms with E-state index in [-0.39, 0.29) is 12.6 Å². The highest BCUT2D eigenvalue weighted by molar-refractivity contribution is 5.78. The molecule has 0 rings (SSSR count). The van der Waals surface area contributed by atoms with E-state index in [0.29, 0.717) is 19.4 Å². The predicted molar refractivity (Wildman–Crippen MR) is 76.3 cm³/mol. The molecule has 0 amide bonds. The molecule has 0 saturated carbocycles. The van der Waals surface area contributed by atoms with Crippen LogP contribution in [0.2, 0.25) is 0 Å². The van der Waals surface area contributed by atoms with Gasteiger partial charge in [0.05, 0.1) is 6.54 Å². The van der Waals surface area contributed by atoms with Gasteiger partial charge in [0, 0.05) is 6.04 Å². The summed E-state index contributed by atoms with van der Waals surface area (Å²) in [5.41, 5.74) is -1.09. The smallest absolute Gasteiger partial charge is 0.401 e. The molecule has 7 heteroatoms. The maximum atomic E-state index is 12.5. The van der Waals surface area contributed by atoms with Crippen molar-refractivity contribution in [2.75, 3.05) is 19.6 Å². The predicted octanol–water partition coefficient (Wildman–Crippen LogP) is 2.88. The molecule has 0 aliphatic heterocycles. The average Bonchev–Trinajstić information content (AvgIpc) is 2.33. The van der Waals surface area contributed by atoms with E-state index >= 15 is 0 Å². The Labute approximate surface area is 124 Å². The number of hydrogen-bond donors (Lipinski definition) is 2. The van der Waals surface area contributed by atoms with Crippen molar-refractivity contribution < 1.29 is 23.1 Å². The van der Waals surface area contributed by atoms with E-state index in [0.717, 1.165) is 6.42 Å². The minimum atomic E-state index is -4.24. The van der Waals surface area contributed by atoms with Crippen molar-refractivity contribution >= 4 is 5.97 Å². The molecule has 21 heavy (non-hydrogen) atoms. The Morgan fingerprint density at radius 3 is 2.29 bits per heavy atom. The van der Waals surface area contributed by atoms with E-state index in [9.17, 15) is 23.1 Å². The lowest BCUT2D eigenvalue weighted by Gasteiger charge is -2.30. The second kappa shape index (κ2) is 8.58. The molecule has 2 N–H and O–H groups in total. The molecule has 0 aliphatic rings. The fraction of sp³-hybridized carbons (Fsp3) is 0.929. The second-order valence-electron chi connectivity index (χ2n) is 5.85. The third-order valence-corrected chi connectivity index (χ3v) is 3.47. The van der Waals surface area contributed by atoms with E-state index in [2.05, 4.69) is 5.32 Å². The van der Waals surface area contributed by atoms with E-state index in [1.165, 1.54) is 4.90 Å². The summed E-state index contributed by atoms with van der Waals surface area (Å²) in [6, 6.07) is -0.230. The number of alkyl halides is 3. The van der Waals surface area contributed by atoms with Crippen LogP contribution < -0.4 is 5.32 Å². The Kier molecular flexibility index (Phi) is 8.25. The lowest BCUT2D eigenvalue weighted by atomic mass is 9.95. The lowest BCUT2D eigenvalue weighted by Crippen LogP contribution is -2.50. The summed E-state index contributed by atoms with van der Waals surface area (Å²) in [6.07, 6.45) is -2.74. The van der Waals surface area contributed by atoms with Gasteiger partial charge in [-0.25, -0.2) is 0 Å². The van der Waals surface area contributed by atoms with Crippen LogP contribution in [0.3, 0.4) is 0 Å². The van der Waals surface area contributed by atoms with Crippen molar-refractivity contribution in [3.63, 3.8) is 0 Å². The topological polar surface area (TPSA) is 52.6 Å². The molecule has 0 aromatic rings. The highest BCUT2D eigenvalue weighted by Crippen LogP contribution is 2.20. The van der Waals surface area contributed by atoms with Crippen LogP contribution in [0, 0.1) is 0 Å². The van der Waals surface area contributed by atoms with Crippen LogP contribution in [0.4, 0.5) is 13.2 Å². The van der Waals surface area contributed by atoms with E-state index in [1.54, 1.807) is 20.8 Å². The van der Waals surface area contributed by atoms with Gasteiger partial charge >= 0.3 is 12.1 Å². The quantitative estimate of drug-likeness (QED) is 0.651. The van der Waals surface area contributed by atoms with Crippen LogP contribution in [0.15, 0.2) is 0 Å². The Morgan fingerprint density at radius 2 is 1.90 bits per heavy atom. The van der Waals surface area contributed by atoms with Crippen LogP contribution in [0.5, 0.6) is 0 Å². The summed E-state index contributed by atoms with van der Waals surface area (Å²) in [6.45, 7) is 6.76. The number of halogens is 3. The molecule has 4 nitrogen and oxygen atoms in total. The third kappa shape index (κ3) is 8.26. The van der Waals surface area contributed by atoms with Gasteiger partial charge in [-0.05, 0) is 53.1 Å². The van der Waals surface area contributed by atoms with Gasteiger partial charge in [0.25, 0.3) is 0 Å². The number of aliphatic carboxylic acids is 1. The van der Waals surface area contributed by atoms with Crippen molar-refractivity contribution in [3.05, 3.63) is 0 Å². The fourth-order valence-electron chi connectivity index (χ4n) is 2.06. The number of nitrogens with one attached hydrogen (secondary N) is 1. The first kappa shape index (κ1) is 20.2. The number of carbonyl (C=O) groups is 1. The maximum Gasteiger partial charge on any atom is 0.401 e. The monoisotopic (exact) mass is 312 g/mol. The number of rotatable bonds is 10. The zero-order chi connectivity index (χ0) is 16.7.